The van der Waals surface area contributed by atoms with E-state index >= 15 is 0 Å². The van der Waals surface area contributed by atoms with Gasteiger partial charge in [0.25, 0.3) is 10.0 Å². The smallest absolute Gasteiger partial charge is 0.322 e. The van der Waals surface area contributed by atoms with Gasteiger partial charge in [-0.25, -0.2) is 8.42 Å². The van der Waals surface area contributed by atoms with E-state index in [1.54, 1.807) is 0 Å². The summed E-state index contributed by atoms with van der Waals surface area (Å²) in [6, 6.07) is 6.20. The molecule has 0 unspecified atom stereocenters. The third kappa shape index (κ3) is 4.36. The van der Waals surface area contributed by atoms with Crippen LogP contribution >= 0.6 is 0 Å². The molecule has 5 nitrogen and oxygen atoms in total. The average molecular weight is 436 g/mol. The number of hydrogen-bond donors (Lipinski definition) is 2. The zero-order valence-corrected chi connectivity index (χ0v) is 14.8. The molecule has 0 aliphatic heterocycles. The molecule has 0 fully saturated rings. The van der Waals surface area contributed by atoms with Crippen molar-refractivity contribution >= 4 is 26.6 Å². The molecule has 29 heavy (non-hydrogen) atoms. The van der Waals surface area contributed by atoms with E-state index < -0.39 is 55.0 Å². The second-order valence-corrected chi connectivity index (χ2v) is 7.62. The topological polar surface area (TPSA) is 79.0 Å². The predicted octanol–water partition coefficient (Wildman–Crippen LogP) is 4.37. The van der Waals surface area contributed by atoms with Gasteiger partial charge in [-0.15, -0.1) is 0 Å². The van der Waals surface area contributed by atoms with Gasteiger partial charge in [-0.1, -0.05) is 6.07 Å². The zero-order chi connectivity index (χ0) is 21.6. The highest BCUT2D eigenvalue weighted by Gasteiger charge is 2.34. The highest BCUT2D eigenvalue weighted by molar-refractivity contribution is 7.92. The van der Waals surface area contributed by atoms with Crippen LogP contribution in [0.5, 0.6) is 0 Å². The van der Waals surface area contributed by atoms with Crippen LogP contribution < -0.4 is 10.3 Å². The molecule has 3 aromatic rings. The fraction of sp³-hybridized carbons (Fsp3) is 0.118. The Kier molecular flexibility index (Phi) is 4.85. The molecule has 1 heterocycles. The van der Waals surface area contributed by atoms with E-state index in [2.05, 4.69) is 4.98 Å². The summed E-state index contributed by atoms with van der Waals surface area (Å²) < 4.78 is 105. The molecule has 3 rings (SSSR count). The van der Waals surface area contributed by atoms with E-state index in [9.17, 15) is 39.6 Å². The predicted molar refractivity (Wildman–Crippen MR) is 91.8 cm³/mol. The van der Waals surface area contributed by atoms with Crippen LogP contribution in [0.25, 0.3) is 10.9 Å². The molecule has 1 aromatic heterocycles. The summed E-state index contributed by atoms with van der Waals surface area (Å²) in [6.45, 7) is 0. The first-order chi connectivity index (χ1) is 13.3. The fourth-order valence-corrected chi connectivity index (χ4v) is 3.68. The van der Waals surface area contributed by atoms with Crippen molar-refractivity contribution in [3.63, 3.8) is 0 Å². The van der Waals surface area contributed by atoms with Crippen molar-refractivity contribution in [2.75, 3.05) is 4.72 Å². The number of H-pyrrole nitrogens is 1. The monoisotopic (exact) mass is 436 g/mol. The van der Waals surface area contributed by atoms with Gasteiger partial charge in [0.2, 0.25) is 5.56 Å². The minimum Gasteiger partial charge on any atom is -0.322 e. The van der Waals surface area contributed by atoms with E-state index in [0.717, 1.165) is 30.3 Å². The first-order valence-electron chi connectivity index (χ1n) is 7.72. The molecule has 0 atom stereocenters. The fourth-order valence-electron chi connectivity index (χ4n) is 2.61. The third-order valence-electron chi connectivity index (χ3n) is 3.87. The van der Waals surface area contributed by atoms with Crippen LogP contribution in [0.3, 0.4) is 0 Å². The van der Waals surface area contributed by atoms with Crippen molar-refractivity contribution in [1.29, 1.82) is 0 Å². The summed E-state index contributed by atoms with van der Waals surface area (Å²) in [5.74, 6) is 0. The number of alkyl halides is 6. The van der Waals surface area contributed by atoms with Crippen molar-refractivity contribution in [1.82, 2.24) is 4.98 Å². The molecule has 0 spiro atoms. The number of sulfonamides is 1. The van der Waals surface area contributed by atoms with Crippen molar-refractivity contribution in [3.05, 3.63) is 70.0 Å². The minimum atomic E-state index is -4.93. The quantitative estimate of drug-likeness (QED) is 0.599. The lowest BCUT2D eigenvalue weighted by Gasteiger charge is -2.13. The largest absolute Gasteiger partial charge is 0.417 e. The van der Waals surface area contributed by atoms with Crippen LogP contribution in [0.15, 0.2) is 58.2 Å². The lowest BCUT2D eigenvalue weighted by atomic mass is 10.1. The maximum atomic E-state index is 13.2. The SMILES string of the molecule is O=c1cc(C(F)(F)F)c2cc(S(=O)(=O)Nc3cccc(C(F)(F)F)c3)ccc2[nH]1. The summed E-state index contributed by atoms with van der Waals surface area (Å²) in [6.07, 6.45) is -9.64. The Bertz CT molecular complexity index is 1250. The number of rotatable bonds is 3. The maximum Gasteiger partial charge on any atom is 0.417 e. The van der Waals surface area contributed by atoms with E-state index in [4.69, 9.17) is 0 Å². The van der Waals surface area contributed by atoms with Gasteiger partial charge < -0.3 is 4.98 Å². The van der Waals surface area contributed by atoms with E-state index in [0.29, 0.717) is 18.2 Å². The molecular weight excluding hydrogens is 426 g/mol. The second-order valence-electron chi connectivity index (χ2n) is 5.94. The number of hydrogen-bond acceptors (Lipinski definition) is 3. The number of benzene rings is 2. The Morgan fingerprint density at radius 3 is 2.17 bits per heavy atom. The summed E-state index contributed by atoms with van der Waals surface area (Å²) in [7, 11) is -4.52. The lowest BCUT2D eigenvalue weighted by Crippen LogP contribution is -2.16. The summed E-state index contributed by atoms with van der Waals surface area (Å²) in [5.41, 5.74) is -4.14. The maximum absolute atomic E-state index is 13.2. The Morgan fingerprint density at radius 2 is 1.55 bits per heavy atom. The van der Waals surface area contributed by atoms with Gasteiger partial charge in [-0.2, -0.15) is 26.3 Å². The van der Waals surface area contributed by atoms with E-state index in [1.807, 2.05) is 4.72 Å². The third-order valence-corrected chi connectivity index (χ3v) is 5.25. The number of pyridine rings is 1. The van der Waals surface area contributed by atoms with Crippen LogP contribution in [0, 0.1) is 0 Å². The molecule has 0 bridgehead atoms. The number of aromatic amines is 1. The van der Waals surface area contributed by atoms with Gasteiger partial charge in [-0.05, 0) is 36.4 Å². The Hall–Kier alpha value is -3.02. The zero-order valence-electron chi connectivity index (χ0n) is 14.0. The molecular formula is C17H10F6N2O3S. The van der Waals surface area contributed by atoms with Gasteiger partial charge in [0.15, 0.2) is 0 Å². The first kappa shape index (κ1) is 20.7. The Morgan fingerprint density at radius 1 is 0.862 bits per heavy atom. The molecule has 0 aliphatic carbocycles. The van der Waals surface area contributed by atoms with Crippen LogP contribution in [-0.2, 0) is 22.4 Å². The van der Waals surface area contributed by atoms with Gasteiger partial charge in [0, 0.05) is 22.7 Å². The minimum absolute atomic E-state index is 0.247. The normalized spacial score (nSPS) is 12.9. The molecule has 2 aromatic carbocycles. The molecule has 0 saturated carbocycles. The number of nitrogens with one attached hydrogen (secondary N) is 2. The average Bonchev–Trinajstić information content (AvgIpc) is 2.59. The second kappa shape index (κ2) is 6.79. The highest BCUT2D eigenvalue weighted by atomic mass is 32.2. The van der Waals surface area contributed by atoms with Crippen molar-refractivity contribution in [3.8, 4) is 0 Å². The van der Waals surface area contributed by atoms with Crippen LogP contribution in [0.1, 0.15) is 11.1 Å². The number of anilines is 1. The number of halogens is 6. The van der Waals surface area contributed by atoms with Crippen molar-refractivity contribution < 1.29 is 34.8 Å². The van der Waals surface area contributed by atoms with Crippen molar-refractivity contribution in [2.24, 2.45) is 0 Å². The highest BCUT2D eigenvalue weighted by Crippen LogP contribution is 2.35. The van der Waals surface area contributed by atoms with Gasteiger partial charge >= 0.3 is 12.4 Å². The van der Waals surface area contributed by atoms with E-state index in [-0.39, 0.29) is 5.52 Å². The molecule has 0 radical (unpaired) electrons. The summed E-state index contributed by atoms with van der Waals surface area (Å²) >= 11 is 0. The van der Waals surface area contributed by atoms with Gasteiger partial charge in [0.1, 0.15) is 0 Å². The lowest BCUT2D eigenvalue weighted by molar-refractivity contribution is -0.138. The molecule has 0 aliphatic rings. The Labute approximate surface area is 159 Å². The molecule has 12 heteroatoms. The van der Waals surface area contributed by atoms with Gasteiger partial charge in [0.05, 0.1) is 16.0 Å². The van der Waals surface area contributed by atoms with E-state index in [1.165, 1.54) is 0 Å². The van der Waals surface area contributed by atoms with Crippen LogP contribution in [0.2, 0.25) is 0 Å². The van der Waals surface area contributed by atoms with Gasteiger partial charge in [-0.3, -0.25) is 9.52 Å². The van der Waals surface area contributed by atoms with Crippen LogP contribution in [-0.4, -0.2) is 13.4 Å². The molecule has 154 valence electrons. The Balaban J connectivity index is 2.08. The summed E-state index contributed by atoms with van der Waals surface area (Å²) in [4.78, 5) is 12.9. The molecule has 2 N–H and O–H groups in total. The van der Waals surface area contributed by atoms with Crippen LogP contribution in [0.4, 0.5) is 32.0 Å². The number of fused-ring (bicyclic) bond motifs is 1. The standard InChI is InChI=1S/C17H10F6N2O3S/c18-16(19,20)9-2-1-3-10(6-9)25-29(27,28)11-4-5-14-12(7-11)13(17(21,22)23)8-15(26)24-14/h1-8,25H,(H,24,26). The van der Waals surface area contributed by atoms with Crippen molar-refractivity contribution in [2.45, 2.75) is 17.2 Å². The first-order valence-corrected chi connectivity index (χ1v) is 9.20. The molecule has 0 saturated heterocycles. The molecule has 0 amide bonds. The number of aromatic nitrogens is 1. The summed E-state index contributed by atoms with van der Waals surface area (Å²) in [5, 5.41) is -0.580.